The third-order valence-corrected chi connectivity index (χ3v) is 5.03. The van der Waals surface area contributed by atoms with Gasteiger partial charge in [-0.1, -0.05) is 12.1 Å². The van der Waals surface area contributed by atoms with Crippen molar-refractivity contribution in [2.75, 3.05) is 25.1 Å². The topological polar surface area (TPSA) is 95.1 Å². The number of ether oxygens (including phenoxy) is 1. The number of nitrogens with two attached hydrogens (primary N) is 1. The van der Waals surface area contributed by atoms with E-state index in [4.69, 9.17) is 10.5 Å². The van der Waals surface area contributed by atoms with Crippen molar-refractivity contribution >= 4 is 22.6 Å². The molecule has 1 fully saturated rings. The molecule has 2 aromatic heterocycles. The number of fused-ring (bicyclic) bond motifs is 1. The summed E-state index contributed by atoms with van der Waals surface area (Å²) in [6, 6.07) is 11.6. The highest BCUT2D eigenvalue weighted by atomic mass is 16.5. The number of imidazole rings is 1. The highest BCUT2D eigenvalue weighted by Crippen LogP contribution is 2.31. The van der Waals surface area contributed by atoms with Crippen LogP contribution >= 0.6 is 0 Å². The number of hydrogen-bond donors (Lipinski definition) is 2. The first-order valence-electron chi connectivity index (χ1n) is 8.70. The lowest BCUT2D eigenvalue weighted by Gasteiger charge is -2.34. The van der Waals surface area contributed by atoms with E-state index in [-0.39, 0.29) is 5.91 Å². The number of pyridine rings is 1. The molecule has 1 aliphatic rings. The number of carbonyl (C=O) groups excluding carboxylic acids is 1. The van der Waals surface area contributed by atoms with Gasteiger partial charge in [0, 0.05) is 19.8 Å². The third-order valence-electron chi connectivity index (χ3n) is 5.03. The van der Waals surface area contributed by atoms with Crippen molar-refractivity contribution in [2.24, 2.45) is 11.1 Å². The molecule has 0 aliphatic carbocycles. The number of nitrogens with zero attached hydrogens (tertiary/aromatic N) is 3. The van der Waals surface area contributed by atoms with Gasteiger partial charge in [0.2, 0.25) is 5.91 Å². The zero-order valence-corrected chi connectivity index (χ0v) is 14.4. The van der Waals surface area contributed by atoms with Gasteiger partial charge in [-0.15, -0.1) is 0 Å². The molecule has 0 saturated carbocycles. The first-order chi connectivity index (χ1) is 12.7. The minimum absolute atomic E-state index is 0.0640. The number of rotatable bonds is 4. The second kappa shape index (κ2) is 6.86. The zero-order valence-electron chi connectivity index (χ0n) is 14.4. The summed E-state index contributed by atoms with van der Waals surface area (Å²) in [5.74, 6) is 0.683. The zero-order chi connectivity index (χ0) is 18.0. The number of hydrogen-bond acceptors (Lipinski definition) is 5. The molecule has 0 unspecified atom stereocenters. The van der Waals surface area contributed by atoms with E-state index >= 15 is 0 Å². The van der Waals surface area contributed by atoms with Gasteiger partial charge >= 0.3 is 0 Å². The highest BCUT2D eigenvalue weighted by Gasteiger charge is 2.38. The molecule has 3 N–H and O–H groups in total. The van der Waals surface area contributed by atoms with Crippen LogP contribution in [0.2, 0.25) is 0 Å². The molecule has 0 spiro atoms. The maximum atomic E-state index is 12.7. The molecule has 26 heavy (non-hydrogen) atoms. The number of nitrogens with one attached hydrogen (secondary N) is 1. The summed E-state index contributed by atoms with van der Waals surface area (Å²) >= 11 is 0. The van der Waals surface area contributed by atoms with Crippen molar-refractivity contribution in [1.82, 2.24) is 14.5 Å². The largest absolute Gasteiger partial charge is 0.381 e. The Kier molecular flexibility index (Phi) is 4.40. The van der Waals surface area contributed by atoms with Gasteiger partial charge in [0.05, 0.1) is 28.3 Å². The second-order valence-electron chi connectivity index (χ2n) is 6.56. The molecule has 0 bridgehead atoms. The molecule has 3 heterocycles. The Balaban J connectivity index is 1.54. The van der Waals surface area contributed by atoms with Gasteiger partial charge in [0.15, 0.2) is 0 Å². The lowest BCUT2D eigenvalue weighted by atomic mass is 9.79. The van der Waals surface area contributed by atoms with Crippen molar-refractivity contribution < 1.29 is 9.53 Å². The van der Waals surface area contributed by atoms with Crippen LogP contribution in [-0.2, 0) is 9.53 Å². The van der Waals surface area contributed by atoms with Crippen LogP contribution in [0.25, 0.3) is 16.9 Å². The van der Waals surface area contributed by atoms with E-state index in [2.05, 4.69) is 15.3 Å². The highest BCUT2D eigenvalue weighted by molar-refractivity contribution is 5.95. The molecule has 0 radical (unpaired) electrons. The average molecular weight is 351 g/mol. The normalized spacial score (nSPS) is 16.5. The average Bonchev–Trinajstić information content (AvgIpc) is 3.13. The van der Waals surface area contributed by atoms with E-state index in [1.54, 1.807) is 12.5 Å². The molecular weight excluding hydrogens is 330 g/mol. The Hall–Kier alpha value is -2.77. The molecule has 1 saturated heterocycles. The second-order valence-corrected chi connectivity index (χ2v) is 6.56. The molecule has 1 aliphatic heterocycles. The van der Waals surface area contributed by atoms with Gasteiger partial charge in [0.25, 0.3) is 0 Å². The minimum Gasteiger partial charge on any atom is -0.381 e. The van der Waals surface area contributed by atoms with E-state index in [0.29, 0.717) is 38.3 Å². The predicted octanol–water partition coefficient (Wildman–Crippen LogP) is 2.11. The summed E-state index contributed by atoms with van der Waals surface area (Å²) in [4.78, 5) is 21.6. The van der Waals surface area contributed by atoms with E-state index in [0.717, 1.165) is 16.9 Å². The van der Waals surface area contributed by atoms with Crippen LogP contribution < -0.4 is 11.1 Å². The molecular formula is C19H21N5O2. The van der Waals surface area contributed by atoms with E-state index in [1.165, 1.54) is 0 Å². The van der Waals surface area contributed by atoms with Crippen LogP contribution in [0.15, 0.2) is 48.9 Å². The fourth-order valence-corrected chi connectivity index (χ4v) is 3.29. The van der Waals surface area contributed by atoms with Crippen LogP contribution in [0, 0.1) is 5.41 Å². The van der Waals surface area contributed by atoms with Crippen LogP contribution in [0.4, 0.5) is 5.69 Å². The van der Waals surface area contributed by atoms with Crippen molar-refractivity contribution in [3.8, 4) is 5.82 Å². The Morgan fingerprint density at radius 2 is 2.00 bits per heavy atom. The summed E-state index contributed by atoms with van der Waals surface area (Å²) in [5.41, 5.74) is 7.89. The van der Waals surface area contributed by atoms with Crippen molar-refractivity contribution in [3.63, 3.8) is 0 Å². The summed E-state index contributed by atoms with van der Waals surface area (Å²) in [5, 5.41) is 2.95. The van der Waals surface area contributed by atoms with Gasteiger partial charge in [-0.05, 0) is 37.1 Å². The monoisotopic (exact) mass is 351 g/mol. The lowest BCUT2D eigenvalue weighted by Crippen LogP contribution is -2.46. The molecule has 3 aromatic rings. The molecule has 0 atom stereocenters. The Bertz CT molecular complexity index is 913. The Morgan fingerprint density at radius 1 is 1.19 bits per heavy atom. The van der Waals surface area contributed by atoms with Gasteiger partial charge in [0.1, 0.15) is 12.1 Å². The number of aromatic nitrogens is 3. The van der Waals surface area contributed by atoms with Crippen LogP contribution in [0.3, 0.4) is 0 Å². The number of para-hydroxylation sites is 2. The van der Waals surface area contributed by atoms with E-state index < -0.39 is 5.41 Å². The summed E-state index contributed by atoms with van der Waals surface area (Å²) < 4.78 is 7.28. The maximum absolute atomic E-state index is 12.7. The minimum atomic E-state index is -0.558. The SMILES string of the molecule is NCC1(C(=O)Nc2ccc(-n3cnc4ccccc43)nc2)CCOCC1. The third kappa shape index (κ3) is 2.95. The molecule has 4 rings (SSSR count). The summed E-state index contributed by atoms with van der Waals surface area (Å²) in [6.07, 6.45) is 4.69. The Labute approximate surface area is 151 Å². The van der Waals surface area contributed by atoms with Gasteiger partial charge < -0.3 is 15.8 Å². The molecule has 134 valence electrons. The quantitative estimate of drug-likeness (QED) is 0.751. The van der Waals surface area contributed by atoms with Crippen molar-refractivity contribution in [3.05, 3.63) is 48.9 Å². The number of carbonyl (C=O) groups is 1. The van der Waals surface area contributed by atoms with Gasteiger partial charge in [-0.2, -0.15) is 0 Å². The molecule has 7 heteroatoms. The number of amides is 1. The number of benzene rings is 1. The standard InChI is InChI=1S/C19H21N5O2/c20-12-19(7-9-26-10-8-19)18(25)23-14-5-6-17(21-11-14)24-13-22-15-3-1-2-4-16(15)24/h1-6,11,13H,7-10,12,20H2,(H,23,25). The van der Waals surface area contributed by atoms with Gasteiger partial charge in [-0.3, -0.25) is 9.36 Å². The predicted molar refractivity (Wildman–Crippen MR) is 99.0 cm³/mol. The fourth-order valence-electron chi connectivity index (χ4n) is 3.29. The summed E-state index contributed by atoms with van der Waals surface area (Å²) in [6.45, 7) is 1.44. The van der Waals surface area contributed by atoms with Crippen LogP contribution in [0.1, 0.15) is 12.8 Å². The maximum Gasteiger partial charge on any atom is 0.232 e. The summed E-state index contributed by atoms with van der Waals surface area (Å²) in [7, 11) is 0. The fraction of sp³-hybridized carbons (Fsp3) is 0.316. The van der Waals surface area contributed by atoms with Crippen molar-refractivity contribution in [1.29, 1.82) is 0 Å². The van der Waals surface area contributed by atoms with Crippen LogP contribution in [0.5, 0.6) is 0 Å². The van der Waals surface area contributed by atoms with E-state index in [1.807, 2.05) is 41.0 Å². The Morgan fingerprint density at radius 3 is 2.73 bits per heavy atom. The molecule has 1 aromatic carbocycles. The first kappa shape index (κ1) is 16.7. The lowest BCUT2D eigenvalue weighted by molar-refractivity contribution is -0.130. The van der Waals surface area contributed by atoms with E-state index in [9.17, 15) is 4.79 Å². The first-order valence-corrected chi connectivity index (χ1v) is 8.70. The van der Waals surface area contributed by atoms with Gasteiger partial charge in [-0.25, -0.2) is 9.97 Å². The van der Waals surface area contributed by atoms with Crippen LogP contribution in [-0.4, -0.2) is 40.2 Å². The number of anilines is 1. The molecule has 1 amide bonds. The molecule has 7 nitrogen and oxygen atoms in total. The smallest absolute Gasteiger partial charge is 0.232 e. The van der Waals surface area contributed by atoms with Crippen molar-refractivity contribution in [2.45, 2.75) is 12.8 Å².